The molecule has 1 fully saturated rings. The van der Waals surface area contributed by atoms with E-state index in [0.717, 1.165) is 29.5 Å². The number of sulfonamides is 1. The number of nitrogens with zero attached hydrogens (tertiary/aromatic N) is 1. The second-order valence-corrected chi connectivity index (χ2v) is 9.17. The van der Waals surface area contributed by atoms with Crippen LogP contribution in [-0.4, -0.2) is 31.1 Å². The molecule has 18 heavy (non-hydrogen) atoms. The zero-order valence-corrected chi connectivity index (χ0v) is 14.1. The van der Waals surface area contributed by atoms with E-state index in [9.17, 15) is 8.42 Å². The lowest BCUT2D eigenvalue weighted by atomic mass is 10.1. The van der Waals surface area contributed by atoms with Gasteiger partial charge in [-0.3, -0.25) is 0 Å². The van der Waals surface area contributed by atoms with Crippen LogP contribution in [0.1, 0.15) is 12.8 Å². The first-order chi connectivity index (χ1) is 8.45. The van der Waals surface area contributed by atoms with E-state index in [4.69, 9.17) is 23.2 Å². The van der Waals surface area contributed by atoms with Crippen molar-refractivity contribution in [2.45, 2.75) is 17.7 Å². The molecule has 1 saturated heterocycles. The number of halogens is 3. The quantitative estimate of drug-likeness (QED) is 0.729. The largest absolute Gasteiger partial charge is 0.245 e. The monoisotopic (exact) mass is 391 g/mol. The first-order valence-electron chi connectivity index (χ1n) is 5.46. The molecule has 1 atom stereocenters. The normalized spacial score (nSPS) is 21.6. The van der Waals surface area contributed by atoms with Crippen LogP contribution in [0, 0.1) is 5.92 Å². The lowest BCUT2D eigenvalue weighted by Crippen LogP contribution is -2.28. The van der Waals surface area contributed by atoms with Crippen molar-refractivity contribution in [1.29, 1.82) is 0 Å². The highest BCUT2D eigenvalue weighted by Gasteiger charge is 2.34. The van der Waals surface area contributed by atoms with Gasteiger partial charge in [-0.05, 0) is 24.8 Å². The SMILES string of the molecule is O=S(=O)(c1cc(Cl)sc1Cl)N1CCC(CCBr)C1. The Morgan fingerprint density at radius 3 is 2.78 bits per heavy atom. The van der Waals surface area contributed by atoms with Gasteiger partial charge in [-0.1, -0.05) is 39.1 Å². The molecule has 0 spiro atoms. The van der Waals surface area contributed by atoms with E-state index < -0.39 is 10.0 Å². The average Bonchev–Trinajstić information content (AvgIpc) is 2.86. The number of hydrogen-bond acceptors (Lipinski definition) is 3. The summed E-state index contributed by atoms with van der Waals surface area (Å²) in [4.78, 5) is 0.138. The van der Waals surface area contributed by atoms with Crippen molar-refractivity contribution in [1.82, 2.24) is 4.31 Å². The summed E-state index contributed by atoms with van der Waals surface area (Å²) in [7, 11) is -3.49. The molecule has 0 bridgehead atoms. The molecule has 3 nitrogen and oxygen atoms in total. The third kappa shape index (κ3) is 3.04. The summed E-state index contributed by atoms with van der Waals surface area (Å²) in [5.74, 6) is 0.423. The molecule has 0 aromatic carbocycles. The molecule has 2 heterocycles. The summed E-state index contributed by atoms with van der Waals surface area (Å²) < 4.78 is 26.9. The van der Waals surface area contributed by atoms with E-state index in [1.807, 2.05) is 0 Å². The van der Waals surface area contributed by atoms with Gasteiger partial charge < -0.3 is 0 Å². The minimum atomic E-state index is -3.49. The smallest absolute Gasteiger partial charge is 0.207 e. The van der Waals surface area contributed by atoms with Crippen LogP contribution in [-0.2, 0) is 10.0 Å². The summed E-state index contributed by atoms with van der Waals surface area (Å²) in [5, 5.41) is 0.899. The number of alkyl halides is 1. The molecule has 8 heteroatoms. The van der Waals surface area contributed by atoms with Crippen molar-refractivity contribution < 1.29 is 8.42 Å². The number of rotatable bonds is 4. The standard InChI is InChI=1S/C10H12BrCl2NO2S2/c11-3-1-7-2-4-14(6-7)18(15,16)8-5-9(12)17-10(8)13/h5,7H,1-4,6H2. The van der Waals surface area contributed by atoms with Gasteiger partial charge >= 0.3 is 0 Å². The lowest BCUT2D eigenvalue weighted by molar-refractivity contribution is 0.454. The van der Waals surface area contributed by atoms with Crippen molar-refractivity contribution in [2.75, 3.05) is 18.4 Å². The highest BCUT2D eigenvalue weighted by Crippen LogP contribution is 2.37. The van der Waals surface area contributed by atoms with Crippen LogP contribution in [0.3, 0.4) is 0 Å². The van der Waals surface area contributed by atoms with Gasteiger partial charge in [-0.2, -0.15) is 4.31 Å². The Morgan fingerprint density at radius 1 is 1.50 bits per heavy atom. The maximum Gasteiger partial charge on any atom is 0.245 e. The predicted molar refractivity (Wildman–Crippen MR) is 79.6 cm³/mol. The minimum Gasteiger partial charge on any atom is -0.207 e. The van der Waals surface area contributed by atoms with E-state index in [-0.39, 0.29) is 9.23 Å². The Morgan fingerprint density at radius 2 is 2.22 bits per heavy atom. The fourth-order valence-corrected chi connectivity index (χ4v) is 6.34. The van der Waals surface area contributed by atoms with Crippen LogP contribution in [0.15, 0.2) is 11.0 Å². The van der Waals surface area contributed by atoms with Crippen LogP contribution in [0.25, 0.3) is 0 Å². The summed E-state index contributed by atoms with van der Waals surface area (Å²) in [6, 6.07) is 1.43. The Labute approximate surface area is 129 Å². The van der Waals surface area contributed by atoms with Crippen LogP contribution in [0.5, 0.6) is 0 Å². The second-order valence-electron chi connectivity index (χ2n) is 4.18. The van der Waals surface area contributed by atoms with Gasteiger partial charge in [-0.25, -0.2) is 8.42 Å². The predicted octanol–water partition coefficient (Wildman–Crippen LogP) is 3.85. The molecule has 1 aromatic heterocycles. The molecule has 0 amide bonds. The summed E-state index contributed by atoms with van der Waals surface area (Å²) in [6.07, 6.45) is 1.89. The first-order valence-corrected chi connectivity index (χ1v) is 9.59. The zero-order valence-electron chi connectivity index (χ0n) is 9.40. The molecule has 0 radical (unpaired) electrons. The first kappa shape index (κ1) is 15.1. The molecular weight excluding hydrogens is 381 g/mol. The van der Waals surface area contributed by atoms with Gasteiger partial charge in [0.1, 0.15) is 9.23 Å². The summed E-state index contributed by atoms with van der Waals surface area (Å²) in [5.41, 5.74) is 0. The zero-order chi connectivity index (χ0) is 13.3. The molecule has 0 N–H and O–H groups in total. The third-order valence-corrected chi connectivity index (χ3v) is 7.09. The number of hydrogen-bond donors (Lipinski definition) is 0. The molecule has 1 aromatic rings. The van der Waals surface area contributed by atoms with Crippen molar-refractivity contribution >= 4 is 60.5 Å². The van der Waals surface area contributed by atoms with Crippen molar-refractivity contribution in [3.63, 3.8) is 0 Å². The summed E-state index contributed by atoms with van der Waals surface area (Å²) >= 11 is 16.2. The Kier molecular flexibility index (Phi) is 5.00. The molecule has 1 aliphatic rings. The van der Waals surface area contributed by atoms with Gasteiger partial charge in [0.25, 0.3) is 0 Å². The van der Waals surface area contributed by atoms with Crippen LogP contribution in [0.2, 0.25) is 8.67 Å². The number of thiophene rings is 1. The molecule has 2 rings (SSSR count). The van der Waals surface area contributed by atoms with Gasteiger partial charge in [0.15, 0.2) is 0 Å². The van der Waals surface area contributed by atoms with E-state index in [2.05, 4.69) is 15.9 Å². The highest BCUT2D eigenvalue weighted by molar-refractivity contribution is 9.09. The van der Waals surface area contributed by atoms with Gasteiger partial charge in [0.05, 0.1) is 4.34 Å². The van der Waals surface area contributed by atoms with Crippen molar-refractivity contribution in [2.24, 2.45) is 5.92 Å². The van der Waals surface area contributed by atoms with Crippen LogP contribution >= 0.6 is 50.5 Å². The highest BCUT2D eigenvalue weighted by atomic mass is 79.9. The van der Waals surface area contributed by atoms with Crippen LogP contribution in [0.4, 0.5) is 0 Å². The van der Waals surface area contributed by atoms with Gasteiger partial charge in [0, 0.05) is 18.4 Å². The molecular formula is C10H12BrCl2NO2S2. The van der Waals surface area contributed by atoms with E-state index in [1.54, 1.807) is 0 Å². The molecule has 1 unspecified atom stereocenters. The van der Waals surface area contributed by atoms with Crippen molar-refractivity contribution in [3.8, 4) is 0 Å². The molecule has 0 saturated carbocycles. The van der Waals surface area contributed by atoms with Crippen LogP contribution < -0.4 is 0 Å². The van der Waals surface area contributed by atoms with E-state index >= 15 is 0 Å². The molecule has 1 aliphatic heterocycles. The maximum absolute atomic E-state index is 12.4. The van der Waals surface area contributed by atoms with E-state index in [1.165, 1.54) is 10.4 Å². The third-order valence-electron chi connectivity index (χ3n) is 3.01. The van der Waals surface area contributed by atoms with Gasteiger partial charge in [-0.15, -0.1) is 11.3 Å². The van der Waals surface area contributed by atoms with Crippen molar-refractivity contribution in [3.05, 3.63) is 14.7 Å². The molecule has 102 valence electrons. The fourth-order valence-electron chi connectivity index (χ4n) is 2.05. The Balaban J connectivity index is 2.20. The maximum atomic E-state index is 12.4. The minimum absolute atomic E-state index is 0.138. The fraction of sp³-hybridized carbons (Fsp3) is 0.600. The summed E-state index contributed by atoms with van der Waals surface area (Å²) in [6.45, 7) is 1.13. The topological polar surface area (TPSA) is 37.4 Å². The Hall–Kier alpha value is 0.670. The molecule has 0 aliphatic carbocycles. The second kappa shape index (κ2) is 5.97. The Bertz CT molecular complexity index is 532. The average molecular weight is 393 g/mol. The van der Waals surface area contributed by atoms with E-state index in [0.29, 0.717) is 23.3 Å². The van der Waals surface area contributed by atoms with Gasteiger partial charge in [0.2, 0.25) is 10.0 Å². The lowest BCUT2D eigenvalue weighted by Gasteiger charge is -2.15.